The summed E-state index contributed by atoms with van der Waals surface area (Å²) in [6, 6.07) is 3.18. The van der Waals surface area contributed by atoms with E-state index in [1.807, 2.05) is 13.0 Å². The molecule has 12 nitrogen and oxygen atoms in total. The Morgan fingerprint density at radius 1 is 1.29 bits per heavy atom. The van der Waals surface area contributed by atoms with Crippen LogP contribution in [0.1, 0.15) is 13.0 Å². The number of anilines is 1. The van der Waals surface area contributed by atoms with Crippen LogP contribution in [0.4, 0.5) is 5.82 Å². The van der Waals surface area contributed by atoms with Crippen LogP contribution >= 0.6 is 22.9 Å². The summed E-state index contributed by atoms with van der Waals surface area (Å²) in [5.41, 5.74) is 0.168. The fraction of sp³-hybridized carbons (Fsp3) is 0.429. The van der Waals surface area contributed by atoms with Gasteiger partial charge in [-0.15, -0.1) is 16.4 Å². The second kappa shape index (κ2) is 7.68. The SMILES string of the molecule is CNC(=O)[C@H]1[C@H](C)[C@H]2C(n3cnc4c(NC)nc(-n5cc(-c6ccc(Cl)s6)nn5)nc43)[C@@]2(O)[C@@H]1O. The molecule has 0 bridgehead atoms. The lowest BCUT2D eigenvalue weighted by Gasteiger charge is -2.25. The minimum Gasteiger partial charge on any atom is -0.389 e. The Hall–Kier alpha value is -3.13. The summed E-state index contributed by atoms with van der Waals surface area (Å²) in [5, 5.41) is 36.3. The van der Waals surface area contributed by atoms with Crippen LogP contribution < -0.4 is 10.6 Å². The van der Waals surface area contributed by atoms with Gasteiger partial charge in [-0.25, -0.2) is 4.98 Å². The minimum absolute atomic E-state index is 0.238. The van der Waals surface area contributed by atoms with Crippen LogP contribution in [0.15, 0.2) is 24.7 Å². The number of halogens is 1. The number of imidazole rings is 1. The highest BCUT2D eigenvalue weighted by molar-refractivity contribution is 7.19. The van der Waals surface area contributed by atoms with E-state index in [-0.39, 0.29) is 23.7 Å². The van der Waals surface area contributed by atoms with Crippen molar-refractivity contribution in [2.24, 2.45) is 17.8 Å². The first-order chi connectivity index (χ1) is 16.8. The maximum Gasteiger partial charge on any atom is 0.256 e. The molecule has 14 heteroatoms. The number of aromatic nitrogens is 7. The average molecular weight is 516 g/mol. The Bertz CT molecular complexity index is 1470. The van der Waals surface area contributed by atoms with E-state index in [0.29, 0.717) is 27.0 Å². The number of fused-ring (bicyclic) bond motifs is 2. The highest BCUT2D eigenvalue weighted by Crippen LogP contribution is 2.68. The summed E-state index contributed by atoms with van der Waals surface area (Å²) in [5.74, 6) is -0.781. The molecule has 4 heterocycles. The number of nitrogens with zero attached hydrogens (tertiary/aromatic N) is 7. The molecule has 0 aromatic carbocycles. The van der Waals surface area contributed by atoms with E-state index in [4.69, 9.17) is 11.6 Å². The molecule has 1 amide bonds. The van der Waals surface area contributed by atoms with Crippen LogP contribution in [0.25, 0.3) is 27.7 Å². The average Bonchev–Trinajstić information content (AvgIpc) is 3.39. The molecular weight excluding hydrogens is 494 g/mol. The first kappa shape index (κ1) is 22.3. The lowest BCUT2D eigenvalue weighted by Crippen LogP contribution is -2.43. The van der Waals surface area contributed by atoms with Crippen molar-refractivity contribution in [3.8, 4) is 16.5 Å². The van der Waals surface area contributed by atoms with Gasteiger partial charge in [0, 0.05) is 20.0 Å². The molecule has 4 aromatic heterocycles. The van der Waals surface area contributed by atoms with Gasteiger partial charge in [-0.2, -0.15) is 14.6 Å². The van der Waals surface area contributed by atoms with Crippen molar-refractivity contribution in [3.05, 3.63) is 29.0 Å². The molecule has 4 N–H and O–H groups in total. The number of hydrogen-bond acceptors (Lipinski definition) is 10. The van der Waals surface area contributed by atoms with Crippen molar-refractivity contribution < 1.29 is 15.0 Å². The van der Waals surface area contributed by atoms with Gasteiger partial charge in [0.15, 0.2) is 17.0 Å². The molecule has 6 atom stereocenters. The first-order valence-corrected chi connectivity index (χ1v) is 12.2. The van der Waals surface area contributed by atoms with Crippen molar-refractivity contribution in [2.75, 3.05) is 19.4 Å². The van der Waals surface area contributed by atoms with E-state index in [0.717, 1.165) is 4.88 Å². The number of amides is 1. The van der Waals surface area contributed by atoms with E-state index in [2.05, 4.69) is 35.9 Å². The van der Waals surface area contributed by atoms with Gasteiger partial charge in [-0.05, 0) is 18.1 Å². The number of nitrogens with one attached hydrogen (secondary N) is 2. The zero-order valence-corrected chi connectivity index (χ0v) is 20.5. The van der Waals surface area contributed by atoms with Crippen molar-refractivity contribution in [3.63, 3.8) is 0 Å². The molecule has 35 heavy (non-hydrogen) atoms. The first-order valence-electron chi connectivity index (χ1n) is 11.0. The summed E-state index contributed by atoms with van der Waals surface area (Å²) in [4.78, 5) is 26.8. The van der Waals surface area contributed by atoms with Crippen LogP contribution in [0.5, 0.6) is 0 Å². The van der Waals surface area contributed by atoms with Gasteiger partial charge in [0.1, 0.15) is 11.3 Å². The predicted molar refractivity (Wildman–Crippen MR) is 128 cm³/mol. The minimum atomic E-state index is -1.45. The lowest BCUT2D eigenvalue weighted by atomic mass is 9.89. The molecule has 2 fully saturated rings. The summed E-state index contributed by atoms with van der Waals surface area (Å²) in [7, 11) is 3.25. The van der Waals surface area contributed by atoms with E-state index >= 15 is 0 Å². The molecule has 0 aliphatic heterocycles. The Balaban J connectivity index is 1.40. The monoisotopic (exact) mass is 515 g/mol. The smallest absolute Gasteiger partial charge is 0.256 e. The highest BCUT2D eigenvalue weighted by atomic mass is 35.5. The van der Waals surface area contributed by atoms with Gasteiger partial charge < -0.3 is 25.4 Å². The third kappa shape index (κ3) is 3.05. The number of carbonyl (C=O) groups excluding carboxylic acids is 1. The van der Waals surface area contributed by atoms with Gasteiger partial charge in [-0.1, -0.05) is 23.7 Å². The van der Waals surface area contributed by atoms with Gasteiger partial charge in [0.2, 0.25) is 5.91 Å². The number of carbonyl (C=O) groups is 1. The lowest BCUT2D eigenvalue weighted by molar-refractivity contribution is -0.132. The highest BCUT2D eigenvalue weighted by Gasteiger charge is 2.79. The van der Waals surface area contributed by atoms with Gasteiger partial charge in [-0.3, -0.25) is 4.79 Å². The van der Waals surface area contributed by atoms with Crippen LogP contribution in [-0.4, -0.2) is 76.4 Å². The van der Waals surface area contributed by atoms with Crippen molar-refractivity contribution >= 4 is 45.8 Å². The van der Waals surface area contributed by atoms with E-state index in [1.54, 1.807) is 30.2 Å². The Morgan fingerprint density at radius 2 is 2.09 bits per heavy atom. The fourth-order valence-electron chi connectivity index (χ4n) is 5.54. The molecule has 0 spiro atoms. The molecular formula is C21H22ClN9O3S. The van der Waals surface area contributed by atoms with E-state index in [9.17, 15) is 15.0 Å². The molecule has 182 valence electrons. The number of rotatable bonds is 5. The number of hydrogen-bond donors (Lipinski definition) is 4. The van der Waals surface area contributed by atoms with Crippen molar-refractivity contribution in [2.45, 2.75) is 24.7 Å². The third-order valence-electron chi connectivity index (χ3n) is 7.20. The Labute approximate surface area is 208 Å². The second-order valence-corrected chi connectivity index (χ2v) is 10.6. The van der Waals surface area contributed by atoms with Crippen molar-refractivity contribution in [1.82, 2.24) is 39.8 Å². The number of thiophene rings is 1. The molecule has 2 aliphatic rings. The number of aliphatic hydroxyl groups excluding tert-OH is 1. The van der Waals surface area contributed by atoms with Crippen LogP contribution in [0.3, 0.4) is 0 Å². The molecule has 2 saturated carbocycles. The van der Waals surface area contributed by atoms with Gasteiger partial charge in [0.05, 0.1) is 39.8 Å². The summed E-state index contributed by atoms with van der Waals surface area (Å²) >= 11 is 7.44. The van der Waals surface area contributed by atoms with Gasteiger partial charge >= 0.3 is 0 Å². The van der Waals surface area contributed by atoms with Crippen LogP contribution in [0, 0.1) is 17.8 Å². The fourth-order valence-corrected chi connectivity index (χ4v) is 6.53. The largest absolute Gasteiger partial charge is 0.389 e. The Morgan fingerprint density at radius 3 is 2.71 bits per heavy atom. The summed E-state index contributed by atoms with van der Waals surface area (Å²) < 4.78 is 3.86. The van der Waals surface area contributed by atoms with Crippen LogP contribution in [-0.2, 0) is 4.79 Å². The van der Waals surface area contributed by atoms with Crippen LogP contribution in [0.2, 0.25) is 4.34 Å². The maximum atomic E-state index is 12.3. The van der Waals surface area contributed by atoms with Crippen molar-refractivity contribution in [1.29, 1.82) is 0 Å². The third-order valence-corrected chi connectivity index (χ3v) is 8.46. The topological polar surface area (TPSA) is 156 Å². The Kier molecular flexibility index (Phi) is 4.90. The van der Waals surface area contributed by atoms with E-state index < -0.39 is 23.7 Å². The maximum absolute atomic E-state index is 12.3. The summed E-state index contributed by atoms with van der Waals surface area (Å²) in [6.45, 7) is 1.87. The molecule has 0 saturated heterocycles. The zero-order chi connectivity index (χ0) is 24.6. The quantitative estimate of drug-likeness (QED) is 0.305. The van der Waals surface area contributed by atoms with Gasteiger partial charge in [0.25, 0.3) is 5.95 Å². The molecule has 2 aliphatic carbocycles. The predicted octanol–water partition coefficient (Wildman–Crippen LogP) is 1.11. The standard InChI is InChI=1S/C21H22ClN9O3S/c1-8-12(19(33)24-3)16(32)21(34)13(8)15(21)30-7-25-14-17(23-2)26-20(27-18(14)30)31-6-9(28-29-31)10-4-5-11(22)35-10/h4-8,12-13,15-16,32,34H,1-3H3,(H,24,33)(H,23,26,27)/t8-,12-,13-,15?,16+,21+/m0/s1. The molecule has 1 unspecified atom stereocenters. The molecule has 6 rings (SSSR count). The molecule has 0 radical (unpaired) electrons. The molecule has 4 aromatic rings. The normalized spacial score (nSPS) is 29.4. The zero-order valence-electron chi connectivity index (χ0n) is 18.9. The second-order valence-electron chi connectivity index (χ2n) is 8.90. The van der Waals surface area contributed by atoms with E-state index in [1.165, 1.54) is 23.1 Å². The number of aliphatic hydroxyl groups is 2. The summed E-state index contributed by atoms with van der Waals surface area (Å²) in [6.07, 6.45) is 2.09.